The number of alkyl halides is 8. The normalized spacial score (nSPS) is 13.8. The molecule has 0 radical (unpaired) electrons. The number of amides is 2. The van der Waals surface area contributed by atoms with Crippen LogP contribution < -0.4 is 14.8 Å². The molecule has 1 unspecified atom stereocenters. The molecule has 0 aliphatic carbocycles. The van der Waals surface area contributed by atoms with Gasteiger partial charge in [-0.1, -0.05) is 0 Å². The van der Waals surface area contributed by atoms with E-state index in [4.69, 9.17) is 9.47 Å². The lowest BCUT2D eigenvalue weighted by Crippen LogP contribution is -2.52. The standard InChI is InChI=1S/C24H26F8N6O3/c1-5-38(22(39)36-17(24(30,31)32)6-7-23(27,28)29)18(19(25)26)14-8-13(16(40-3)9-33-14)15-11-37-10-12(2)34-20(37)21(35-15)41-4/h8-11,17-19H,5-7H2,1-4H3,(H,36,39)/t17-,18?/m0/s1. The number of carbonyl (C=O) groups is 1. The number of nitrogens with one attached hydrogen (secondary N) is 1. The molecule has 0 aliphatic rings. The van der Waals surface area contributed by atoms with Crippen LogP contribution in [0.25, 0.3) is 16.9 Å². The number of imidazole rings is 1. The molecule has 2 atom stereocenters. The van der Waals surface area contributed by atoms with Crippen molar-refractivity contribution in [3.05, 3.63) is 36.0 Å². The number of aromatic nitrogens is 4. The van der Waals surface area contributed by atoms with Crippen molar-refractivity contribution in [3.8, 4) is 22.9 Å². The number of carbonyl (C=O) groups excluding carboxylic acids is 1. The summed E-state index contributed by atoms with van der Waals surface area (Å²) >= 11 is 0. The number of nitrogens with zero attached hydrogens (tertiary/aromatic N) is 5. The highest BCUT2D eigenvalue weighted by Crippen LogP contribution is 2.36. The van der Waals surface area contributed by atoms with E-state index in [0.717, 1.165) is 12.3 Å². The second kappa shape index (κ2) is 12.3. The molecule has 0 fully saturated rings. The number of urea groups is 1. The predicted octanol–water partition coefficient (Wildman–Crippen LogP) is 5.73. The van der Waals surface area contributed by atoms with Crippen LogP contribution >= 0.6 is 0 Å². The van der Waals surface area contributed by atoms with Gasteiger partial charge in [-0.3, -0.25) is 4.98 Å². The lowest BCUT2D eigenvalue weighted by Gasteiger charge is -2.32. The summed E-state index contributed by atoms with van der Waals surface area (Å²) in [6.07, 6.45) is -12.7. The summed E-state index contributed by atoms with van der Waals surface area (Å²) in [5.41, 5.74) is 0.848. The Kier molecular flexibility index (Phi) is 9.48. The number of pyridine rings is 1. The molecular formula is C24H26F8N6O3. The predicted molar refractivity (Wildman–Crippen MR) is 129 cm³/mol. The first kappa shape index (κ1) is 31.6. The Balaban J connectivity index is 2.03. The zero-order chi connectivity index (χ0) is 30.7. The van der Waals surface area contributed by atoms with Gasteiger partial charge >= 0.3 is 18.4 Å². The second-order valence-electron chi connectivity index (χ2n) is 8.82. The third kappa shape index (κ3) is 7.43. The Hall–Kier alpha value is -3.92. The Morgan fingerprint density at radius 1 is 1.10 bits per heavy atom. The van der Waals surface area contributed by atoms with Gasteiger partial charge in [-0.15, -0.1) is 0 Å². The van der Waals surface area contributed by atoms with Crippen molar-refractivity contribution in [2.75, 3.05) is 20.8 Å². The van der Waals surface area contributed by atoms with Crippen LogP contribution in [0.2, 0.25) is 0 Å². The number of aryl methyl sites for hydroxylation is 1. The molecule has 0 bridgehead atoms. The van der Waals surface area contributed by atoms with Gasteiger partial charge in [0.2, 0.25) is 5.65 Å². The zero-order valence-electron chi connectivity index (χ0n) is 22.1. The van der Waals surface area contributed by atoms with Gasteiger partial charge in [0.05, 0.1) is 37.5 Å². The van der Waals surface area contributed by atoms with Gasteiger partial charge in [-0.05, 0) is 26.3 Å². The molecule has 3 aromatic rings. The van der Waals surface area contributed by atoms with Gasteiger partial charge in [0.25, 0.3) is 12.3 Å². The highest BCUT2D eigenvalue weighted by molar-refractivity contribution is 5.75. The molecule has 41 heavy (non-hydrogen) atoms. The molecular weight excluding hydrogens is 572 g/mol. The van der Waals surface area contributed by atoms with Crippen LogP contribution in [0.5, 0.6) is 11.6 Å². The number of hydrogen-bond donors (Lipinski definition) is 1. The van der Waals surface area contributed by atoms with Crippen LogP contribution in [-0.4, -0.2) is 75.9 Å². The van der Waals surface area contributed by atoms with E-state index in [2.05, 4.69) is 15.0 Å². The Morgan fingerprint density at radius 3 is 2.32 bits per heavy atom. The average molecular weight is 598 g/mol. The van der Waals surface area contributed by atoms with E-state index in [1.807, 2.05) is 0 Å². The topological polar surface area (TPSA) is 93.9 Å². The molecule has 3 heterocycles. The van der Waals surface area contributed by atoms with E-state index in [1.165, 1.54) is 32.7 Å². The van der Waals surface area contributed by atoms with Gasteiger partial charge < -0.3 is 24.1 Å². The second-order valence-corrected chi connectivity index (χ2v) is 8.82. The lowest BCUT2D eigenvalue weighted by atomic mass is 10.1. The maximum absolute atomic E-state index is 14.4. The summed E-state index contributed by atoms with van der Waals surface area (Å²) in [5.74, 6) is 0.178. The first-order valence-corrected chi connectivity index (χ1v) is 12.0. The number of ether oxygens (including phenoxy) is 2. The fraction of sp³-hybridized carbons (Fsp3) is 0.500. The monoisotopic (exact) mass is 598 g/mol. The molecule has 0 saturated heterocycles. The van der Waals surface area contributed by atoms with E-state index < -0.39 is 62.0 Å². The summed E-state index contributed by atoms with van der Waals surface area (Å²) in [6, 6.07) is -5.61. The van der Waals surface area contributed by atoms with Crippen LogP contribution in [0.3, 0.4) is 0 Å². The van der Waals surface area contributed by atoms with E-state index in [-0.39, 0.29) is 22.9 Å². The number of fused-ring (bicyclic) bond motifs is 1. The smallest absolute Gasteiger partial charge is 0.408 e. The fourth-order valence-corrected chi connectivity index (χ4v) is 4.09. The maximum Gasteiger partial charge on any atom is 0.408 e. The summed E-state index contributed by atoms with van der Waals surface area (Å²) in [7, 11) is 2.63. The molecule has 3 aromatic heterocycles. The summed E-state index contributed by atoms with van der Waals surface area (Å²) < 4.78 is 119. The fourth-order valence-electron chi connectivity index (χ4n) is 4.09. The van der Waals surface area contributed by atoms with Crippen LogP contribution in [0.15, 0.2) is 24.7 Å². The van der Waals surface area contributed by atoms with E-state index in [0.29, 0.717) is 16.2 Å². The van der Waals surface area contributed by atoms with Crippen molar-refractivity contribution in [3.63, 3.8) is 0 Å². The van der Waals surface area contributed by atoms with Gasteiger partial charge in [-0.2, -0.15) is 26.3 Å². The van der Waals surface area contributed by atoms with E-state index in [1.54, 1.807) is 17.5 Å². The largest absolute Gasteiger partial charge is 0.494 e. The number of rotatable bonds is 10. The number of hydrogen-bond acceptors (Lipinski definition) is 6. The minimum atomic E-state index is -5.26. The highest BCUT2D eigenvalue weighted by Gasteiger charge is 2.44. The average Bonchev–Trinajstić information content (AvgIpc) is 3.27. The molecule has 0 saturated carbocycles. The molecule has 0 aromatic carbocycles. The van der Waals surface area contributed by atoms with Crippen LogP contribution in [-0.2, 0) is 0 Å². The Bertz CT molecular complexity index is 1360. The van der Waals surface area contributed by atoms with Crippen molar-refractivity contribution in [1.29, 1.82) is 0 Å². The van der Waals surface area contributed by atoms with Crippen molar-refractivity contribution in [2.45, 2.75) is 57.6 Å². The van der Waals surface area contributed by atoms with Crippen molar-refractivity contribution < 1.29 is 49.4 Å². The van der Waals surface area contributed by atoms with Gasteiger partial charge in [-0.25, -0.2) is 23.5 Å². The number of methoxy groups -OCH3 is 2. The summed E-state index contributed by atoms with van der Waals surface area (Å²) in [6.45, 7) is 2.42. The SMILES string of the molecule is CCN(C(=O)N[C@@H](CCC(F)(F)F)C(F)(F)F)C(c1cc(-c2cn3cc(C)nc3c(OC)n2)c(OC)cn1)C(F)F. The van der Waals surface area contributed by atoms with Crippen LogP contribution in [0.4, 0.5) is 39.9 Å². The van der Waals surface area contributed by atoms with Gasteiger partial charge in [0.15, 0.2) is 0 Å². The quantitative estimate of drug-likeness (QED) is 0.300. The highest BCUT2D eigenvalue weighted by atomic mass is 19.4. The van der Waals surface area contributed by atoms with E-state index >= 15 is 0 Å². The van der Waals surface area contributed by atoms with Crippen molar-refractivity contribution >= 4 is 11.7 Å². The first-order chi connectivity index (χ1) is 19.1. The Labute approximate surface area is 228 Å². The van der Waals surface area contributed by atoms with Crippen LogP contribution in [0, 0.1) is 6.92 Å². The first-order valence-electron chi connectivity index (χ1n) is 12.0. The zero-order valence-corrected chi connectivity index (χ0v) is 22.1. The summed E-state index contributed by atoms with van der Waals surface area (Å²) in [4.78, 5) is 25.7. The molecule has 226 valence electrons. The van der Waals surface area contributed by atoms with Crippen molar-refractivity contribution in [2.24, 2.45) is 0 Å². The Morgan fingerprint density at radius 2 is 1.78 bits per heavy atom. The third-order valence-electron chi connectivity index (χ3n) is 5.99. The maximum atomic E-state index is 14.4. The number of halogens is 8. The van der Waals surface area contributed by atoms with Crippen LogP contribution in [0.1, 0.15) is 37.2 Å². The molecule has 0 spiro atoms. The van der Waals surface area contributed by atoms with Gasteiger partial charge in [0.1, 0.15) is 17.8 Å². The van der Waals surface area contributed by atoms with E-state index in [9.17, 15) is 39.9 Å². The molecule has 3 rings (SSSR count). The molecule has 1 N–H and O–H groups in total. The molecule has 2 amide bonds. The molecule has 17 heteroatoms. The third-order valence-corrected chi connectivity index (χ3v) is 5.99. The molecule has 0 aliphatic heterocycles. The summed E-state index contributed by atoms with van der Waals surface area (Å²) in [5, 5.41) is 1.43. The lowest BCUT2D eigenvalue weighted by molar-refractivity contribution is -0.171. The van der Waals surface area contributed by atoms with Crippen molar-refractivity contribution in [1.82, 2.24) is 29.6 Å². The minimum absolute atomic E-state index is 0.0873. The molecule has 9 nitrogen and oxygen atoms in total. The van der Waals surface area contributed by atoms with Gasteiger partial charge in [0, 0.05) is 30.9 Å². The minimum Gasteiger partial charge on any atom is -0.494 e.